The number of benzene rings is 1. The quantitative estimate of drug-likeness (QED) is 0.741. The first kappa shape index (κ1) is 11.6. The lowest BCUT2D eigenvalue weighted by Crippen LogP contribution is -1.93. The van der Waals surface area contributed by atoms with Crippen LogP contribution in [0.5, 0.6) is 0 Å². The molecule has 2 nitrogen and oxygen atoms in total. The van der Waals surface area contributed by atoms with Gasteiger partial charge in [0.1, 0.15) is 0 Å². The Labute approximate surface area is 101 Å². The van der Waals surface area contributed by atoms with Gasteiger partial charge in [0.15, 0.2) is 12.0 Å². The molecule has 0 saturated carbocycles. The van der Waals surface area contributed by atoms with Crippen LogP contribution in [0.1, 0.15) is 30.0 Å². The average Bonchev–Trinajstić information content (AvgIpc) is 2.77. The molecule has 0 saturated heterocycles. The van der Waals surface area contributed by atoms with Crippen LogP contribution in [0.15, 0.2) is 41.0 Å². The van der Waals surface area contributed by atoms with E-state index < -0.39 is 0 Å². The average molecular weight is 228 g/mol. The van der Waals surface area contributed by atoms with E-state index in [0.717, 1.165) is 23.8 Å². The monoisotopic (exact) mass is 228 g/mol. The van der Waals surface area contributed by atoms with Gasteiger partial charge in [-0.1, -0.05) is 38.1 Å². The van der Waals surface area contributed by atoms with Crippen LogP contribution >= 0.6 is 0 Å². The van der Waals surface area contributed by atoms with E-state index in [-0.39, 0.29) is 0 Å². The third-order valence-corrected chi connectivity index (χ3v) is 2.71. The molecule has 0 fully saturated rings. The van der Waals surface area contributed by atoms with Crippen molar-refractivity contribution in [3.63, 3.8) is 0 Å². The highest BCUT2D eigenvalue weighted by atomic mass is 16.3. The number of aldehydes is 1. The molecule has 0 radical (unpaired) electrons. The van der Waals surface area contributed by atoms with Gasteiger partial charge in [0, 0.05) is 5.56 Å². The Kier molecular flexibility index (Phi) is 3.43. The molecule has 0 unspecified atom stereocenters. The minimum Gasteiger partial charge on any atom is -0.461 e. The summed E-state index contributed by atoms with van der Waals surface area (Å²) in [5.74, 6) is 1.04. The molecule has 0 amide bonds. The Hall–Kier alpha value is -1.83. The summed E-state index contributed by atoms with van der Waals surface area (Å²) in [5.41, 5.74) is 3.20. The van der Waals surface area contributed by atoms with E-state index in [2.05, 4.69) is 26.0 Å². The normalized spacial score (nSPS) is 10.8. The first-order chi connectivity index (χ1) is 8.20. The molecule has 0 atom stereocenters. The molecule has 0 aliphatic carbocycles. The van der Waals surface area contributed by atoms with Crippen molar-refractivity contribution in [1.82, 2.24) is 0 Å². The molecular weight excluding hydrogens is 212 g/mol. The molecule has 0 N–H and O–H groups in total. The maximum Gasteiger partial charge on any atom is 0.185 e. The SMILES string of the molecule is CC(C)Cc1ccc(-c2ccoc2C=O)cc1. The first-order valence-electron chi connectivity index (χ1n) is 5.82. The maximum atomic E-state index is 10.8. The van der Waals surface area contributed by atoms with Crippen molar-refractivity contribution >= 4 is 6.29 Å². The highest BCUT2D eigenvalue weighted by Crippen LogP contribution is 2.24. The van der Waals surface area contributed by atoms with Gasteiger partial charge in [0.05, 0.1) is 6.26 Å². The Bertz CT molecular complexity index is 492. The summed E-state index contributed by atoms with van der Waals surface area (Å²) in [4.78, 5) is 10.8. The fourth-order valence-electron chi connectivity index (χ4n) is 1.94. The van der Waals surface area contributed by atoms with Crippen molar-refractivity contribution in [3.8, 4) is 11.1 Å². The van der Waals surface area contributed by atoms with Crippen molar-refractivity contribution in [2.75, 3.05) is 0 Å². The zero-order valence-electron chi connectivity index (χ0n) is 10.1. The molecular formula is C15H16O2. The number of carbonyl (C=O) groups excluding carboxylic acids is 1. The molecule has 0 spiro atoms. The van der Waals surface area contributed by atoms with E-state index in [1.54, 1.807) is 6.26 Å². The van der Waals surface area contributed by atoms with E-state index in [1.165, 1.54) is 5.56 Å². The Balaban J connectivity index is 2.26. The van der Waals surface area contributed by atoms with Crippen molar-refractivity contribution < 1.29 is 9.21 Å². The summed E-state index contributed by atoms with van der Waals surface area (Å²) < 4.78 is 5.09. The van der Waals surface area contributed by atoms with E-state index in [9.17, 15) is 4.79 Å². The molecule has 17 heavy (non-hydrogen) atoms. The number of rotatable bonds is 4. The van der Waals surface area contributed by atoms with Gasteiger partial charge < -0.3 is 4.42 Å². The van der Waals surface area contributed by atoms with E-state index in [4.69, 9.17) is 4.42 Å². The minimum atomic E-state index is 0.390. The van der Waals surface area contributed by atoms with Crippen molar-refractivity contribution in [1.29, 1.82) is 0 Å². The van der Waals surface area contributed by atoms with E-state index >= 15 is 0 Å². The summed E-state index contributed by atoms with van der Waals surface area (Å²) in [7, 11) is 0. The molecule has 2 aromatic rings. The molecule has 0 aliphatic heterocycles. The van der Waals surface area contributed by atoms with Crippen molar-refractivity contribution in [2.45, 2.75) is 20.3 Å². The number of furan rings is 1. The second-order valence-corrected chi connectivity index (χ2v) is 4.61. The maximum absolute atomic E-state index is 10.8. The Morgan fingerprint density at radius 3 is 2.47 bits per heavy atom. The Morgan fingerprint density at radius 2 is 1.88 bits per heavy atom. The van der Waals surface area contributed by atoms with Gasteiger partial charge in [-0.3, -0.25) is 4.79 Å². The number of hydrogen-bond donors (Lipinski definition) is 0. The fourth-order valence-corrected chi connectivity index (χ4v) is 1.94. The van der Waals surface area contributed by atoms with Crippen LogP contribution in [0, 0.1) is 5.92 Å². The number of carbonyl (C=O) groups is 1. The highest BCUT2D eigenvalue weighted by Gasteiger charge is 2.07. The molecule has 88 valence electrons. The Morgan fingerprint density at radius 1 is 1.18 bits per heavy atom. The molecule has 2 rings (SSSR count). The standard InChI is InChI=1S/C15H16O2/c1-11(2)9-12-3-5-13(6-4-12)14-7-8-17-15(14)10-16/h3-8,10-11H,9H2,1-2H3. The molecule has 0 bridgehead atoms. The van der Waals surface area contributed by atoms with Gasteiger partial charge in [0.2, 0.25) is 0 Å². The van der Waals surface area contributed by atoms with Gasteiger partial charge in [-0.2, -0.15) is 0 Å². The van der Waals surface area contributed by atoms with E-state index in [0.29, 0.717) is 11.7 Å². The lowest BCUT2D eigenvalue weighted by molar-refractivity contribution is 0.110. The zero-order chi connectivity index (χ0) is 12.3. The third kappa shape index (κ3) is 2.64. The van der Waals surface area contributed by atoms with E-state index in [1.807, 2.05) is 18.2 Å². The smallest absolute Gasteiger partial charge is 0.185 e. The van der Waals surface area contributed by atoms with Crippen LogP contribution in [-0.2, 0) is 6.42 Å². The fraction of sp³-hybridized carbons (Fsp3) is 0.267. The lowest BCUT2D eigenvalue weighted by atomic mass is 9.99. The third-order valence-electron chi connectivity index (χ3n) is 2.71. The van der Waals surface area contributed by atoms with Gasteiger partial charge in [-0.05, 0) is 29.5 Å². The van der Waals surface area contributed by atoms with Crippen LogP contribution in [0.4, 0.5) is 0 Å². The first-order valence-corrected chi connectivity index (χ1v) is 5.82. The van der Waals surface area contributed by atoms with Crippen LogP contribution in [-0.4, -0.2) is 6.29 Å². The highest BCUT2D eigenvalue weighted by molar-refractivity contribution is 5.84. The van der Waals surface area contributed by atoms with Gasteiger partial charge in [-0.15, -0.1) is 0 Å². The lowest BCUT2D eigenvalue weighted by Gasteiger charge is -2.05. The molecule has 1 aromatic carbocycles. The van der Waals surface area contributed by atoms with Crippen molar-refractivity contribution in [3.05, 3.63) is 47.9 Å². The van der Waals surface area contributed by atoms with Gasteiger partial charge in [-0.25, -0.2) is 0 Å². The molecule has 1 aromatic heterocycles. The van der Waals surface area contributed by atoms with Crippen LogP contribution in [0.3, 0.4) is 0 Å². The second kappa shape index (κ2) is 5.00. The molecule has 2 heteroatoms. The minimum absolute atomic E-state index is 0.390. The summed E-state index contributed by atoms with van der Waals surface area (Å²) in [5, 5.41) is 0. The van der Waals surface area contributed by atoms with Crippen molar-refractivity contribution in [2.24, 2.45) is 5.92 Å². The summed E-state index contributed by atoms with van der Waals surface area (Å²) in [6.07, 6.45) is 3.37. The second-order valence-electron chi connectivity index (χ2n) is 4.61. The summed E-state index contributed by atoms with van der Waals surface area (Å²) >= 11 is 0. The topological polar surface area (TPSA) is 30.2 Å². The largest absolute Gasteiger partial charge is 0.461 e. The number of hydrogen-bond acceptors (Lipinski definition) is 2. The zero-order valence-corrected chi connectivity index (χ0v) is 10.1. The van der Waals surface area contributed by atoms with Gasteiger partial charge >= 0.3 is 0 Å². The summed E-state index contributed by atoms with van der Waals surface area (Å²) in [6, 6.07) is 10.1. The van der Waals surface area contributed by atoms with Crippen LogP contribution in [0.2, 0.25) is 0 Å². The predicted octanol–water partition coefficient (Wildman–Crippen LogP) is 3.96. The summed E-state index contributed by atoms with van der Waals surface area (Å²) in [6.45, 7) is 4.41. The van der Waals surface area contributed by atoms with Crippen LogP contribution < -0.4 is 0 Å². The predicted molar refractivity (Wildman–Crippen MR) is 68.1 cm³/mol. The van der Waals surface area contributed by atoms with Gasteiger partial charge in [0.25, 0.3) is 0 Å². The molecule has 0 aliphatic rings. The van der Waals surface area contributed by atoms with Crippen LogP contribution in [0.25, 0.3) is 11.1 Å². The molecule has 1 heterocycles.